The number of aliphatic hydroxyl groups excluding tert-OH is 1. The summed E-state index contributed by atoms with van der Waals surface area (Å²) >= 11 is 3.52. The molecule has 282 valence electrons. The molecule has 4 aromatic carbocycles. The van der Waals surface area contributed by atoms with E-state index in [-0.39, 0.29) is 47.2 Å². The Morgan fingerprint density at radius 2 is 0.926 bits per heavy atom. The van der Waals surface area contributed by atoms with Crippen LogP contribution in [0.2, 0.25) is 0 Å². The molecule has 7 nitrogen and oxygen atoms in total. The summed E-state index contributed by atoms with van der Waals surface area (Å²) in [5, 5.41) is 18.4. The Hall–Kier alpha value is -4.44. The van der Waals surface area contributed by atoms with Gasteiger partial charge in [-0.15, -0.1) is 23.5 Å². The van der Waals surface area contributed by atoms with E-state index in [9.17, 15) is 14.7 Å². The van der Waals surface area contributed by atoms with Crippen LogP contribution in [0.1, 0.15) is 35.1 Å². The van der Waals surface area contributed by atoms with E-state index in [1.54, 1.807) is 36.0 Å². The second kappa shape index (κ2) is 20.9. The van der Waals surface area contributed by atoms with Gasteiger partial charge >= 0.3 is 0 Å². The molecule has 0 saturated carbocycles. The third-order valence-electron chi connectivity index (χ3n) is 9.82. The fraction of sp³-hybridized carbons (Fsp3) is 0.333. The van der Waals surface area contributed by atoms with Crippen molar-refractivity contribution < 1.29 is 24.2 Å². The number of rotatable bonds is 18. The third kappa shape index (κ3) is 12.3. The lowest BCUT2D eigenvalue weighted by atomic mass is 9.86. The summed E-state index contributed by atoms with van der Waals surface area (Å²) in [5.41, 5.74) is 4.48. The molecule has 2 heterocycles. The molecule has 0 aromatic heterocycles. The van der Waals surface area contributed by atoms with Crippen LogP contribution in [-0.4, -0.2) is 58.8 Å². The summed E-state index contributed by atoms with van der Waals surface area (Å²) < 4.78 is 11.3. The topological polar surface area (TPSA) is 96.9 Å². The van der Waals surface area contributed by atoms with Crippen molar-refractivity contribution in [3.8, 4) is 0 Å². The van der Waals surface area contributed by atoms with Crippen LogP contribution in [0.3, 0.4) is 0 Å². The van der Waals surface area contributed by atoms with Gasteiger partial charge < -0.3 is 25.2 Å². The summed E-state index contributed by atoms with van der Waals surface area (Å²) in [7, 11) is 0. The molecule has 0 aliphatic carbocycles. The highest BCUT2D eigenvalue weighted by Crippen LogP contribution is 2.28. The van der Waals surface area contributed by atoms with Crippen LogP contribution in [0.5, 0.6) is 0 Å². The van der Waals surface area contributed by atoms with Gasteiger partial charge in [0.05, 0.1) is 41.2 Å². The Bertz CT molecular complexity index is 1650. The highest BCUT2D eigenvalue weighted by molar-refractivity contribution is 7.99. The number of amides is 2. The van der Waals surface area contributed by atoms with Gasteiger partial charge in [-0.1, -0.05) is 121 Å². The van der Waals surface area contributed by atoms with Crippen molar-refractivity contribution >= 4 is 35.3 Å². The largest absolute Gasteiger partial charge is 0.500 e. The van der Waals surface area contributed by atoms with Crippen molar-refractivity contribution in [3.63, 3.8) is 0 Å². The fourth-order valence-corrected chi connectivity index (χ4v) is 9.14. The minimum absolute atomic E-state index is 0.0364. The van der Waals surface area contributed by atoms with E-state index in [0.717, 1.165) is 22.6 Å². The molecule has 6 rings (SSSR count). The lowest BCUT2D eigenvalue weighted by Crippen LogP contribution is -2.48. The van der Waals surface area contributed by atoms with Crippen LogP contribution in [0.4, 0.5) is 0 Å². The van der Waals surface area contributed by atoms with E-state index < -0.39 is 17.9 Å². The zero-order valence-electron chi connectivity index (χ0n) is 30.5. The Morgan fingerprint density at radius 1 is 0.574 bits per heavy atom. The van der Waals surface area contributed by atoms with Crippen LogP contribution < -0.4 is 10.6 Å². The maximum absolute atomic E-state index is 14.1. The number of ether oxygens (including phenoxy) is 2. The minimum atomic E-state index is -0.883. The molecule has 4 aromatic rings. The second-order valence-electron chi connectivity index (χ2n) is 14.0. The van der Waals surface area contributed by atoms with Gasteiger partial charge in [-0.3, -0.25) is 9.59 Å². The van der Waals surface area contributed by atoms with Gasteiger partial charge in [0.25, 0.3) is 0 Å². The molecule has 0 fully saturated rings. The van der Waals surface area contributed by atoms with E-state index in [0.29, 0.717) is 26.1 Å². The van der Waals surface area contributed by atoms with Crippen molar-refractivity contribution in [1.29, 1.82) is 0 Å². The molecule has 2 aliphatic rings. The van der Waals surface area contributed by atoms with E-state index >= 15 is 0 Å². The SMILES string of the molecule is O=C(NC1C=COC[C@H]1SCc1ccccc1)C(Cc1ccccc1)CC(O)CC(Cc1ccccc1)C(=O)NC1C=COC[C@H]1SCc1ccccc1. The maximum Gasteiger partial charge on any atom is 0.224 e. The van der Waals surface area contributed by atoms with E-state index in [1.807, 2.05) is 109 Å². The molecule has 3 N–H and O–H groups in total. The molecule has 0 spiro atoms. The van der Waals surface area contributed by atoms with Crippen LogP contribution in [-0.2, 0) is 43.4 Å². The second-order valence-corrected chi connectivity index (χ2v) is 16.4. The number of hydrogen-bond donors (Lipinski definition) is 3. The molecule has 54 heavy (non-hydrogen) atoms. The van der Waals surface area contributed by atoms with Gasteiger partial charge in [-0.2, -0.15) is 0 Å². The van der Waals surface area contributed by atoms with Gasteiger partial charge in [0.1, 0.15) is 13.2 Å². The lowest BCUT2D eigenvalue weighted by molar-refractivity contribution is -0.127. The Labute approximate surface area is 328 Å². The van der Waals surface area contributed by atoms with Crippen LogP contribution >= 0.6 is 23.5 Å². The number of carbonyl (C=O) groups excluding carboxylic acids is 2. The average molecular weight is 763 g/mol. The summed E-state index contributed by atoms with van der Waals surface area (Å²) in [6.45, 7) is 0.990. The predicted octanol–water partition coefficient (Wildman–Crippen LogP) is 7.51. The standard InChI is InChI=1S/C45H50N2O5S2/c48-39(27-37(25-33-13-5-1-6-14-33)44(49)46-40-21-23-51-29-42(40)53-31-35-17-9-3-10-18-35)28-38(26-34-15-7-2-8-16-34)45(50)47-41-22-24-52-30-43(41)54-32-36-19-11-4-12-20-36/h1-24,37-43,48H,25-32H2,(H,46,49)(H,47,50)/t37?,38?,39?,40?,41?,42-,43-/m1/s1. The predicted molar refractivity (Wildman–Crippen MR) is 220 cm³/mol. The first-order valence-electron chi connectivity index (χ1n) is 18.7. The van der Waals surface area contributed by atoms with E-state index in [1.165, 1.54) is 11.1 Å². The van der Waals surface area contributed by atoms with Crippen molar-refractivity contribution in [1.82, 2.24) is 10.6 Å². The number of hydrogen-bond acceptors (Lipinski definition) is 7. The summed E-state index contributed by atoms with van der Waals surface area (Å²) in [5.74, 6) is 0.376. The Morgan fingerprint density at radius 3 is 1.30 bits per heavy atom. The first-order valence-corrected chi connectivity index (χ1v) is 20.8. The van der Waals surface area contributed by atoms with Gasteiger partial charge in [0.15, 0.2) is 0 Å². The lowest BCUT2D eigenvalue weighted by Gasteiger charge is -2.31. The molecule has 0 saturated heterocycles. The van der Waals surface area contributed by atoms with Crippen LogP contribution in [0.25, 0.3) is 0 Å². The smallest absolute Gasteiger partial charge is 0.224 e. The van der Waals surface area contributed by atoms with Gasteiger partial charge in [0.2, 0.25) is 11.8 Å². The number of thioether (sulfide) groups is 2. The number of carbonyl (C=O) groups is 2. The van der Waals surface area contributed by atoms with Gasteiger partial charge in [-0.05, 0) is 60.1 Å². The molecule has 6 atom stereocenters. The first-order chi connectivity index (χ1) is 26.5. The van der Waals surface area contributed by atoms with Gasteiger partial charge in [-0.25, -0.2) is 0 Å². The minimum Gasteiger partial charge on any atom is -0.500 e. The van der Waals surface area contributed by atoms with Crippen molar-refractivity contribution in [2.75, 3.05) is 13.2 Å². The van der Waals surface area contributed by atoms with Crippen molar-refractivity contribution in [2.45, 2.75) is 65.9 Å². The Balaban J connectivity index is 1.13. The van der Waals surface area contributed by atoms with E-state index in [4.69, 9.17) is 9.47 Å². The van der Waals surface area contributed by atoms with Crippen molar-refractivity contribution in [2.24, 2.45) is 11.8 Å². The maximum atomic E-state index is 14.1. The molecular formula is C45H50N2O5S2. The normalized spacial score (nSPS) is 20.8. The molecule has 9 heteroatoms. The number of benzene rings is 4. The van der Waals surface area contributed by atoms with Gasteiger partial charge in [0, 0.05) is 23.3 Å². The number of nitrogens with one attached hydrogen (secondary N) is 2. The average Bonchev–Trinajstić information content (AvgIpc) is 3.21. The Kier molecular flexibility index (Phi) is 15.2. The molecule has 2 amide bonds. The van der Waals surface area contributed by atoms with Crippen LogP contribution in [0, 0.1) is 11.8 Å². The molecule has 0 bridgehead atoms. The first kappa shape index (κ1) is 39.3. The summed E-state index contributed by atoms with van der Waals surface area (Å²) in [6.07, 6.45) is 7.66. The molecule has 2 aliphatic heterocycles. The monoisotopic (exact) mass is 762 g/mol. The fourth-order valence-electron chi connectivity index (χ4n) is 6.86. The van der Waals surface area contributed by atoms with E-state index in [2.05, 4.69) is 34.9 Å². The highest BCUT2D eigenvalue weighted by Gasteiger charge is 2.33. The zero-order valence-corrected chi connectivity index (χ0v) is 32.1. The summed E-state index contributed by atoms with van der Waals surface area (Å²) in [6, 6.07) is 40.0. The van der Waals surface area contributed by atoms with Crippen LogP contribution in [0.15, 0.2) is 146 Å². The quantitative estimate of drug-likeness (QED) is 0.0967. The van der Waals surface area contributed by atoms with Crippen molar-refractivity contribution in [3.05, 3.63) is 168 Å². The summed E-state index contributed by atoms with van der Waals surface area (Å²) in [4.78, 5) is 28.3. The third-order valence-corrected chi connectivity index (χ3v) is 12.5. The highest BCUT2D eigenvalue weighted by atomic mass is 32.2. The molecule has 4 unspecified atom stereocenters. The molecular weight excluding hydrogens is 713 g/mol. The zero-order chi connectivity index (χ0) is 37.4. The molecule has 0 radical (unpaired) electrons. The number of aliphatic hydroxyl groups is 1.